The highest BCUT2D eigenvalue weighted by Crippen LogP contribution is 2.27. The highest BCUT2D eigenvalue weighted by Gasteiger charge is 2.14. The van der Waals surface area contributed by atoms with Gasteiger partial charge in [0.2, 0.25) is 0 Å². The third-order valence-corrected chi connectivity index (χ3v) is 6.45. The minimum atomic E-state index is -3.80. The lowest BCUT2D eigenvalue weighted by Gasteiger charge is -2.05. The second-order valence-electron chi connectivity index (χ2n) is 6.45. The highest BCUT2D eigenvalue weighted by atomic mass is 32.2. The van der Waals surface area contributed by atoms with Crippen molar-refractivity contribution in [3.8, 4) is 22.0 Å². The standard InChI is InChI=1S/C22H20N4O3S2/c1-2-29-19-10-12-20(13-11-19)31(27,28)25-23-15-17-16-26(18-7-4-3-5-8-18)24-22(17)21-9-6-14-30-21/h3-16,25H,2H2,1H3. The number of nitrogens with one attached hydrogen (secondary N) is 1. The molecule has 1 N–H and O–H groups in total. The second kappa shape index (κ2) is 9.15. The van der Waals surface area contributed by atoms with E-state index in [1.807, 2.05) is 61.0 Å². The van der Waals surface area contributed by atoms with Crippen molar-refractivity contribution in [2.75, 3.05) is 6.61 Å². The number of sulfonamides is 1. The number of para-hydroxylation sites is 1. The van der Waals surface area contributed by atoms with Gasteiger partial charge in [0, 0.05) is 11.8 Å². The maximum Gasteiger partial charge on any atom is 0.276 e. The van der Waals surface area contributed by atoms with E-state index in [0.29, 0.717) is 17.9 Å². The Hall–Kier alpha value is -3.43. The molecule has 0 unspecified atom stereocenters. The molecule has 0 radical (unpaired) electrons. The Morgan fingerprint density at radius 3 is 2.55 bits per heavy atom. The predicted octanol–water partition coefficient (Wildman–Crippen LogP) is 4.31. The summed E-state index contributed by atoms with van der Waals surface area (Å²) in [5, 5.41) is 10.6. The van der Waals surface area contributed by atoms with Crippen LogP contribution in [0.15, 0.2) is 88.3 Å². The molecule has 0 atom stereocenters. The molecule has 31 heavy (non-hydrogen) atoms. The zero-order valence-electron chi connectivity index (χ0n) is 16.7. The zero-order valence-corrected chi connectivity index (χ0v) is 18.3. The Labute approximate surface area is 184 Å². The number of thiophene rings is 1. The van der Waals surface area contributed by atoms with Crippen LogP contribution in [-0.2, 0) is 10.0 Å². The molecule has 2 heterocycles. The molecule has 0 saturated heterocycles. The van der Waals surface area contributed by atoms with Crippen LogP contribution in [0.3, 0.4) is 0 Å². The summed E-state index contributed by atoms with van der Waals surface area (Å²) < 4.78 is 32.2. The van der Waals surface area contributed by atoms with Gasteiger partial charge in [0.15, 0.2) is 0 Å². The van der Waals surface area contributed by atoms with Crippen molar-refractivity contribution in [1.82, 2.24) is 14.6 Å². The Balaban J connectivity index is 1.58. The lowest BCUT2D eigenvalue weighted by Crippen LogP contribution is -2.18. The van der Waals surface area contributed by atoms with Crippen molar-refractivity contribution < 1.29 is 13.2 Å². The maximum absolute atomic E-state index is 12.5. The van der Waals surface area contributed by atoms with Crippen LogP contribution in [0.4, 0.5) is 0 Å². The fourth-order valence-electron chi connectivity index (χ4n) is 2.90. The first-order valence-corrected chi connectivity index (χ1v) is 11.9. The molecule has 0 bridgehead atoms. The summed E-state index contributed by atoms with van der Waals surface area (Å²) in [4.78, 5) is 3.33. The molecule has 2 aromatic heterocycles. The SMILES string of the molecule is CCOc1ccc(S(=O)(=O)NN=Cc2cn(-c3ccccc3)nc2-c2cccs2)cc1. The van der Waals surface area contributed by atoms with Crippen LogP contribution < -0.4 is 9.57 Å². The smallest absolute Gasteiger partial charge is 0.276 e. The van der Waals surface area contributed by atoms with Gasteiger partial charge in [0.1, 0.15) is 11.4 Å². The molecule has 0 saturated carbocycles. The van der Waals surface area contributed by atoms with Crippen molar-refractivity contribution in [2.45, 2.75) is 11.8 Å². The summed E-state index contributed by atoms with van der Waals surface area (Å²) in [6, 6.07) is 19.8. The lowest BCUT2D eigenvalue weighted by atomic mass is 10.2. The van der Waals surface area contributed by atoms with E-state index in [1.165, 1.54) is 18.3 Å². The minimum absolute atomic E-state index is 0.103. The van der Waals surface area contributed by atoms with Crippen molar-refractivity contribution in [3.63, 3.8) is 0 Å². The fourth-order valence-corrected chi connectivity index (χ4v) is 4.42. The monoisotopic (exact) mass is 452 g/mol. The molecular formula is C22H20N4O3S2. The molecule has 2 aromatic carbocycles. The van der Waals surface area contributed by atoms with Gasteiger partial charge >= 0.3 is 0 Å². The van der Waals surface area contributed by atoms with E-state index in [-0.39, 0.29) is 4.90 Å². The molecule has 4 aromatic rings. The number of aromatic nitrogens is 2. The number of nitrogens with zero attached hydrogens (tertiary/aromatic N) is 3. The van der Waals surface area contributed by atoms with Crippen LogP contribution in [0.5, 0.6) is 5.75 Å². The number of hydrazone groups is 1. The third kappa shape index (κ3) is 4.84. The molecule has 0 amide bonds. The summed E-state index contributed by atoms with van der Waals surface area (Å²) in [6.07, 6.45) is 3.28. The second-order valence-corrected chi connectivity index (χ2v) is 9.06. The van der Waals surface area contributed by atoms with E-state index in [0.717, 1.165) is 16.3 Å². The Kier molecular flexibility index (Phi) is 6.15. The van der Waals surface area contributed by atoms with Crippen LogP contribution in [0, 0.1) is 0 Å². The summed E-state index contributed by atoms with van der Waals surface area (Å²) in [5.74, 6) is 0.610. The normalized spacial score (nSPS) is 11.6. The summed E-state index contributed by atoms with van der Waals surface area (Å²) in [7, 11) is -3.80. The molecular weight excluding hydrogens is 432 g/mol. The van der Waals surface area contributed by atoms with Gasteiger partial charge in [-0.05, 0) is 54.8 Å². The van der Waals surface area contributed by atoms with Crippen molar-refractivity contribution in [3.05, 3.63) is 83.9 Å². The van der Waals surface area contributed by atoms with E-state index in [4.69, 9.17) is 4.74 Å². The maximum atomic E-state index is 12.5. The number of rotatable bonds is 8. The molecule has 0 aliphatic rings. The summed E-state index contributed by atoms with van der Waals surface area (Å²) in [5.41, 5.74) is 2.32. The Bertz CT molecular complexity index is 1260. The average Bonchev–Trinajstić information content (AvgIpc) is 3.45. The predicted molar refractivity (Wildman–Crippen MR) is 122 cm³/mol. The first-order valence-electron chi connectivity index (χ1n) is 9.53. The molecule has 9 heteroatoms. The molecule has 0 spiro atoms. The van der Waals surface area contributed by atoms with Crippen LogP contribution >= 0.6 is 11.3 Å². The van der Waals surface area contributed by atoms with Crippen molar-refractivity contribution in [1.29, 1.82) is 0 Å². The third-order valence-electron chi connectivity index (χ3n) is 4.34. The fraction of sp³-hybridized carbons (Fsp3) is 0.0909. The summed E-state index contributed by atoms with van der Waals surface area (Å²) in [6.45, 7) is 2.38. The minimum Gasteiger partial charge on any atom is -0.494 e. The summed E-state index contributed by atoms with van der Waals surface area (Å²) >= 11 is 1.55. The lowest BCUT2D eigenvalue weighted by molar-refractivity contribution is 0.340. The van der Waals surface area contributed by atoms with E-state index in [9.17, 15) is 8.42 Å². The molecule has 4 rings (SSSR count). The van der Waals surface area contributed by atoms with E-state index in [2.05, 4.69) is 15.0 Å². The van der Waals surface area contributed by atoms with Crippen molar-refractivity contribution in [2.24, 2.45) is 5.10 Å². The van der Waals surface area contributed by atoms with Gasteiger partial charge in [-0.2, -0.15) is 18.6 Å². The Morgan fingerprint density at radius 1 is 1.10 bits per heavy atom. The van der Waals surface area contributed by atoms with Gasteiger partial charge in [-0.3, -0.25) is 0 Å². The molecule has 7 nitrogen and oxygen atoms in total. The van der Waals surface area contributed by atoms with Gasteiger partial charge in [-0.15, -0.1) is 11.3 Å². The van der Waals surface area contributed by atoms with Gasteiger partial charge in [0.25, 0.3) is 10.0 Å². The van der Waals surface area contributed by atoms with Crippen LogP contribution in [0.2, 0.25) is 0 Å². The highest BCUT2D eigenvalue weighted by molar-refractivity contribution is 7.89. The van der Waals surface area contributed by atoms with E-state index >= 15 is 0 Å². The largest absolute Gasteiger partial charge is 0.494 e. The first kappa shape index (κ1) is 20.8. The van der Waals surface area contributed by atoms with Gasteiger partial charge in [-0.25, -0.2) is 9.51 Å². The van der Waals surface area contributed by atoms with Crippen LogP contribution in [0.1, 0.15) is 12.5 Å². The topological polar surface area (TPSA) is 85.6 Å². The quantitative estimate of drug-likeness (QED) is 0.319. The van der Waals surface area contributed by atoms with Crippen LogP contribution in [0.25, 0.3) is 16.3 Å². The van der Waals surface area contributed by atoms with Gasteiger partial charge in [0.05, 0.1) is 28.3 Å². The number of ether oxygens (including phenoxy) is 1. The van der Waals surface area contributed by atoms with E-state index in [1.54, 1.807) is 28.2 Å². The average molecular weight is 453 g/mol. The molecule has 0 fully saturated rings. The first-order chi connectivity index (χ1) is 15.1. The van der Waals surface area contributed by atoms with Crippen LogP contribution in [-0.4, -0.2) is 31.0 Å². The van der Waals surface area contributed by atoms with Gasteiger partial charge < -0.3 is 4.74 Å². The number of benzene rings is 2. The number of hydrogen-bond donors (Lipinski definition) is 1. The number of hydrogen-bond acceptors (Lipinski definition) is 6. The zero-order chi connectivity index (χ0) is 21.7. The van der Waals surface area contributed by atoms with Gasteiger partial charge in [-0.1, -0.05) is 24.3 Å². The molecule has 0 aliphatic heterocycles. The Morgan fingerprint density at radius 2 is 1.87 bits per heavy atom. The molecule has 158 valence electrons. The molecule has 0 aliphatic carbocycles. The van der Waals surface area contributed by atoms with E-state index < -0.39 is 10.0 Å². The van der Waals surface area contributed by atoms with Crippen molar-refractivity contribution >= 4 is 27.6 Å².